The fourth-order valence-electron chi connectivity index (χ4n) is 2.88. The first kappa shape index (κ1) is 10.2. The molecule has 0 atom stereocenters. The molecule has 0 aliphatic carbocycles. The summed E-state index contributed by atoms with van der Waals surface area (Å²) in [6.07, 6.45) is 0. The molecule has 4 aromatic rings. The van der Waals surface area contributed by atoms with Crippen LogP contribution in [0.4, 0.5) is 0 Å². The van der Waals surface area contributed by atoms with Gasteiger partial charge in [0.2, 0.25) is 0 Å². The molecule has 0 fully saturated rings. The molecule has 108 valence electrons. The Balaban J connectivity index is 2.07. The van der Waals surface area contributed by atoms with Crippen LogP contribution in [0.5, 0.6) is 0 Å². The summed E-state index contributed by atoms with van der Waals surface area (Å²) in [7, 11) is 0. The number of furan rings is 1. The standard InChI is InChI=1S/C20H17NO/c1-12-13(2)21-14(3)19-17-10-9-16(11-18(17)22-20(12)19)15-7-5-4-6-8-15/h4-11H,1-3H3/i3D3. The summed E-state index contributed by atoms with van der Waals surface area (Å²) in [6, 6.07) is 15.9. The molecule has 4 rings (SSSR count). The number of benzene rings is 2. The van der Waals surface area contributed by atoms with Crippen LogP contribution in [0.1, 0.15) is 21.1 Å². The van der Waals surface area contributed by atoms with Gasteiger partial charge in [0, 0.05) is 31.8 Å². The Kier molecular flexibility index (Phi) is 2.17. The SMILES string of the molecule is [2H]C([2H])([2H])c1nc(C)c(C)c2oc3cc(-c4ccccc4)ccc3c12. The van der Waals surface area contributed by atoms with Gasteiger partial charge in [-0.15, -0.1) is 0 Å². The average molecular weight is 290 g/mol. The van der Waals surface area contributed by atoms with Gasteiger partial charge in [-0.2, -0.15) is 0 Å². The van der Waals surface area contributed by atoms with Crippen molar-refractivity contribution < 1.29 is 8.53 Å². The lowest BCUT2D eigenvalue weighted by Gasteiger charge is -2.02. The van der Waals surface area contributed by atoms with Gasteiger partial charge in [0.25, 0.3) is 0 Å². The predicted octanol–water partition coefficient (Wildman–Crippen LogP) is 5.57. The van der Waals surface area contributed by atoms with Gasteiger partial charge < -0.3 is 4.42 Å². The van der Waals surface area contributed by atoms with E-state index in [4.69, 9.17) is 8.53 Å². The maximum atomic E-state index is 7.84. The maximum Gasteiger partial charge on any atom is 0.141 e. The second-order valence-corrected chi connectivity index (χ2v) is 5.55. The van der Waals surface area contributed by atoms with Crippen molar-refractivity contribution in [1.29, 1.82) is 0 Å². The van der Waals surface area contributed by atoms with E-state index in [0.717, 1.165) is 22.1 Å². The molecule has 2 aromatic carbocycles. The maximum absolute atomic E-state index is 7.84. The Labute approximate surface area is 133 Å². The smallest absolute Gasteiger partial charge is 0.141 e. The number of aromatic nitrogens is 1. The lowest BCUT2D eigenvalue weighted by molar-refractivity contribution is 0.664. The number of rotatable bonds is 1. The molecule has 0 radical (unpaired) electrons. The van der Waals surface area contributed by atoms with Crippen molar-refractivity contribution in [3.8, 4) is 11.1 Å². The van der Waals surface area contributed by atoms with Crippen molar-refractivity contribution in [2.45, 2.75) is 20.7 Å². The number of nitrogens with zero attached hydrogens (tertiary/aromatic N) is 1. The van der Waals surface area contributed by atoms with E-state index in [1.807, 2.05) is 62.4 Å². The monoisotopic (exact) mass is 290 g/mol. The van der Waals surface area contributed by atoms with Crippen LogP contribution in [0.3, 0.4) is 0 Å². The molecule has 2 aromatic heterocycles. The van der Waals surface area contributed by atoms with E-state index in [-0.39, 0.29) is 5.69 Å². The molecular weight excluding hydrogens is 270 g/mol. The molecular formula is C20H17NO. The highest BCUT2D eigenvalue weighted by molar-refractivity contribution is 6.08. The molecule has 0 amide bonds. The van der Waals surface area contributed by atoms with Gasteiger partial charge >= 0.3 is 0 Å². The topological polar surface area (TPSA) is 26.0 Å². The molecule has 0 N–H and O–H groups in total. The molecule has 0 saturated heterocycles. The zero-order valence-electron chi connectivity index (χ0n) is 15.5. The van der Waals surface area contributed by atoms with Crippen LogP contribution in [0.15, 0.2) is 52.9 Å². The van der Waals surface area contributed by atoms with Gasteiger partial charge in [0.15, 0.2) is 0 Å². The number of fused-ring (bicyclic) bond motifs is 3. The highest BCUT2D eigenvalue weighted by atomic mass is 16.3. The van der Waals surface area contributed by atoms with Crippen LogP contribution < -0.4 is 0 Å². The molecule has 0 spiro atoms. The molecule has 0 aliphatic heterocycles. The minimum atomic E-state index is -2.29. The summed E-state index contributed by atoms with van der Waals surface area (Å²) in [5, 5.41) is 1.38. The molecule has 0 bridgehead atoms. The van der Waals surface area contributed by atoms with E-state index in [0.29, 0.717) is 22.2 Å². The van der Waals surface area contributed by atoms with Gasteiger partial charge in [0.05, 0.1) is 0 Å². The van der Waals surface area contributed by atoms with Crippen molar-refractivity contribution >= 4 is 21.9 Å². The Morgan fingerprint density at radius 1 is 0.955 bits per heavy atom. The Hall–Kier alpha value is -2.61. The summed E-state index contributed by atoms with van der Waals surface area (Å²) in [5.41, 5.74) is 5.08. The molecule has 22 heavy (non-hydrogen) atoms. The summed E-state index contributed by atoms with van der Waals surface area (Å²) < 4.78 is 29.6. The third-order valence-electron chi connectivity index (χ3n) is 4.20. The summed E-state index contributed by atoms with van der Waals surface area (Å²) >= 11 is 0. The van der Waals surface area contributed by atoms with E-state index < -0.39 is 6.85 Å². The van der Waals surface area contributed by atoms with Crippen LogP contribution >= 0.6 is 0 Å². The van der Waals surface area contributed by atoms with Gasteiger partial charge in [-0.3, -0.25) is 4.98 Å². The summed E-state index contributed by atoms with van der Waals surface area (Å²) in [5.74, 6) is 0. The first-order valence-electron chi connectivity index (χ1n) is 8.75. The summed E-state index contributed by atoms with van der Waals surface area (Å²) in [4.78, 5) is 4.35. The zero-order valence-corrected chi connectivity index (χ0v) is 12.5. The third kappa shape index (κ3) is 1.84. The molecule has 0 unspecified atom stereocenters. The van der Waals surface area contributed by atoms with Crippen molar-refractivity contribution in [1.82, 2.24) is 4.98 Å². The van der Waals surface area contributed by atoms with Gasteiger partial charge in [0.1, 0.15) is 11.2 Å². The molecule has 0 saturated carbocycles. The second kappa shape index (κ2) is 4.70. The van der Waals surface area contributed by atoms with E-state index >= 15 is 0 Å². The predicted molar refractivity (Wildman–Crippen MR) is 91.2 cm³/mol. The van der Waals surface area contributed by atoms with E-state index in [2.05, 4.69) is 4.98 Å². The van der Waals surface area contributed by atoms with E-state index in [1.54, 1.807) is 0 Å². The molecule has 2 nitrogen and oxygen atoms in total. The van der Waals surface area contributed by atoms with Crippen molar-refractivity contribution in [2.24, 2.45) is 0 Å². The first-order chi connectivity index (χ1) is 11.9. The number of hydrogen-bond donors (Lipinski definition) is 0. The van der Waals surface area contributed by atoms with Gasteiger partial charge in [-0.1, -0.05) is 36.4 Å². The van der Waals surface area contributed by atoms with Crippen LogP contribution in [0.25, 0.3) is 33.1 Å². The van der Waals surface area contributed by atoms with Crippen molar-refractivity contribution in [3.63, 3.8) is 0 Å². The molecule has 2 heterocycles. The fraction of sp³-hybridized carbons (Fsp3) is 0.150. The number of aryl methyl sites for hydroxylation is 3. The molecule has 2 heteroatoms. The molecule has 0 aliphatic rings. The number of pyridine rings is 1. The van der Waals surface area contributed by atoms with E-state index in [9.17, 15) is 0 Å². The average Bonchev–Trinajstić information content (AvgIpc) is 2.96. The third-order valence-corrected chi connectivity index (χ3v) is 4.20. The largest absolute Gasteiger partial charge is 0.456 e. The van der Waals surface area contributed by atoms with Crippen molar-refractivity contribution in [3.05, 3.63) is 65.5 Å². The van der Waals surface area contributed by atoms with Gasteiger partial charge in [-0.25, -0.2) is 0 Å². The second-order valence-electron chi connectivity index (χ2n) is 5.55. The first-order valence-corrected chi connectivity index (χ1v) is 7.25. The summed E-state index contributed by atoms with van der Waals surface area (Å²) in [6.45, 7) is 1.44. The highest BCUT2D eigenvalue weighted by Crippen LogP contribution is 2.35. The van der Waals surface area contributed by atoms with Gasteiger partial charge in [-0.05, 0) is 44.0 Å². The Morgan fingerprint density at radius 3 is 2.55 bits per heavy atom. The lowest BCUT2D eigenvalue weighted by Crippen LogP contribution is -1.91. The highest BCUT2D eigenvalue weighted by Gasteiger charge is 2.14. The normalized spacial score (nSPS) is 14.0. The van der Waals surface area contributed by atoms with E-state index in [1.165, 1.54) is 0 Å². The van der Waals surface area contributed by atoms with Crippen LogP contribution in [-0.4, -0.2) is 4.98 Å². The zero-order chi connectivity index (χ0) is 17.8. The minimum absolute atomic E-state index is 0.108. The number of hydrogen-bond acceptors (Lipinski definition) is 2. The Bertz CT molecular complexity index is 1100. The van der Waals surface area contributed by atoms with Crippen LogP contribution in [-0.2, 0) is 0 Å². The lowest BCUT2D eigenvalue weighted by atomic mass is 10.0. The van der Waals surface area contributed by atoms with Crippen LogP contribution in [0.2, 0.25) is 0 Å². The minimum Gasteiger partial charge on any atom is -0.456 e. The quantitative estimate of drug-likeness (QED) is 0.458. The fourth-order valence-corrected chi connectivity index (χ4v) is 2.88. The van der Waals surface area contributed by atoms with Crippen molar-refractivity contribution in [2.75, 3.05) is 0 Å². The van der Waals surface area contributed by atoms with Crippen LogP contribution in [0, 0.1) is 20.7 Å². The Morgan fingerprint density at radius 2 is 1.77 bits per heavy atom.